The van der Waals surface area contributed by atoms with Gasteiger partial charge in [-0.1, -0.05) is 12.1 Å². The van der Waals surface area contributed by atoms with Crippen LogP contribution >= 0.6 is 0 Å². The molecular weight excluding hydrogens is 224 g/mol. The maximum Gasteiger partial charge on any atom is 0.122 e. The van der Waals surface area contributed by atoms with E-state index in [1.807, 2.05) is 0 Å². The quantitative estimate of drug-likeness (QED) is 0.845. The molecule has 0 bridgehead atoms. The molecule has 3 nitrogen and oxygen atoms in total. The van der Waals surface area contributed by atoms with E-state index in [1.54, 1.807) is 0 Å². The van der Waals surface area contributed by atoms with Gasteiger partial charge < -0.3 is 15.4 Å². The van der Waals surface area contributed by atoms with Crippen LogP contribution < -0.4 is 15.4 Å². The molecule has 2 N–H and O–H groups in total. The lowest BCUT2D eigenvalue weighted by Crippen LogP contribution is -2.44. The normalized spacial score (nSPS) is 26.1. The molecule has 1 atom stereocenters. The van der Waals surface area contributed by atoms with Crippen molar-refractivity contribution in [1.82, 2.24) is 10.6 Å². The van der Waals surface area contributed by atoms with Gasteiger partial charge in [0.2, 0.25) is 0 Å². The third-order valence-electron chi connectivity index (χ3n) is 4.09. The van der Waals surface area contributed by atoms with Gasteiger partial charge in [-0.15, -0.1) is 0 Å². The molecular formula is C15H22N2O. The van der Waals surface area contributed by atoms with Gasteiger partial charge in [-0.05, 0) is 50.0 Å². The number of fused-ring (bicyclic) bond motifs is 1. The molecule has 3 heteroatoms. The second-order valence-electron chi connectivity index (χ2n) is 5.70. The Labute approximate surface area is 109 Å². The van der Waals surface area contributed by atoms with Crippen LogP contribution in [-0.4, -0.2) is 31.8 Å². The van der Waals surface area contributed by atoms with Crippen LogP contribution in [0.15, 0.2) is 18.2 Å². The van der Waals surface area contributed by atoms with Crippen LogP contribution in [0.25, 0.3) is 0 Å². The molecule has 18 heavy (non-hydrogen) atoms. The molecule has 2 heterocycles. The molecule has 2 aliphatic rings. The summed E-state index contributed by atoms with van der Waals surface area (Å²) in [6.45, 7) is 6.44. The van der Waals surface area contributed by atoms with Gasteiger partial charge in [-0.3, -0.25) is 0 Å². The summed E-state index contributed by atoms with van der Waals surface area (Å²) in [4.78, 5) is 0. The van der Waals surface area contributed by atoms with Crippen molar-refractivity contribution >= 4 is 0 Å². The Kier molecular flexibility index (Phi) is 3.27. The molecule has 1 fully saturated rings. The predicted molar refractivity (Wildman–Crippen MR) is 73.2 cm³/mol. The van der Waals surface area contributed by atoms with Gasteiger partial charge in [-0.25, -0.2) is 0 Å². The van der Waals surface area contributed by atoms with Crippen LogP contribution in [0.1, 0.15) is 24.5 Å². The fourth-order valence-electron chi connectivity index (χ4n) is 2.87. The molecule has 0 saturated carbocycles. The average molecular weight is 246 g/mol. The van der Waals surface area contributed by atoms with Gasteiger partial charge in [-0.2, -0.15) is 0 Å². The summed E-state index contributed by atoms with van der Waals surface area (Å²) in [6, 6.07) is 6.62. The Morgan fingerprint density at radius 2 is 2.39 bits per heavy atom. The first kappa shape index (κ1) is 12.0. The minimum atomic E-state index is 0.292. The van der Waals surface area contributed by atoms with Gasteiger partial charge >= 0.3 is 0 Å². The van der Waals surface area contributed by atoms with Gasteiger partial charge in [0.25, 0.3) is 0 Å². The summed E-state index contributed by atoms with van der Waals surface area (Å²) in [6.07, 6.45) is 3.39. The Balaban J connectivity index is 1.54. The third-order valence-corrected chi connectivity index (χ3v) is 4.09. The first-order chi connectivity index (χ1) is 8.75. The van der Waals surface area contributed by atoms with E-state index in [2.05, 4.69) is 35.8 Å². The molecule has 2 aliphatic heterocycles. The second kappa shape index (κ2) is 4.90. The summed E-state index contributed by atoms with van der Waals surface area (Å²) in [5, 5.41) is 7.10. The zero-order valence-corrected chi connectivity index (χ0v) is 11.1. The molecule has 0 spiro atoms. The molecule has 0 aromatic heterocycles. The second-order valence-corrected chi connectivity index (χ2v) is 5.70. The van der Waals surface area contributed by atoms with E-state index in [0.717, 1.165) is 44.8 Å². The summed E-state index contributed by atoms with van der Waals surface area (Å²) < 4.78 is 5.53. The standard InChI is InChI=1S/C15H22N2O/c1-15(6-8-16-11-15)17-7-4-12-2-3-14-13(10-12)5-9-18-14/h2-3,10,16-17H,4-9,11H2,1H3. The van der Waals surface area contributed by atoms with Crippen molar-refractivity contribution in [3.8, 4) is 5.75 Å². The molecule has 98 valence electrons. The molecule has 0 amide bonds. The zero-order chi connectivity index (χ0) is 12.4. The van der Waals surface area contributed by atoms with Crippen LogP contribution in [-0.2, 0) is 12.8 Å². The van der Waals surface area contributed by atoms with E-state index in [4.69, 9.17) is 4.74 Å². The van der Waals surface area contributed by atoms with Crippen molar-refractivity contribution in [2.75, 3.05) is 26.2 Å². The Morgan fingerprint density at radius 3 is 3.22 bits per heavy atom. The van der Waals surface area contributed by atoms with Crippen LogP contribution in [0.3, 0.4) is 0 Å². The maximum absolute atomic E-state index is 5.53. The van der Waals surface area contributed by atoms with Crippen molar-refractivity contribution in [3.05, 3.63) is 29.3 Å². The Morgan fingerprint density at radius 1 is 1.44 bits per heavy atom. The predicted octanol–water partition coefficient (Wildman–Crippen LogP) is 1.51. The van der Waals surface area contributed by atoms with E-state index in [-0.39, 0.29) is 0 Å². The molecule has 1 unspecified atom stereocenters. The van der Waals surface area contributed by atoms with Gasteiger partial charge in [0.05, 0.1) is 6.61 Å². The summed E-state index contributed by atoms with van der Waals surface area (Å²) >= 11 is 0. The number of nitrogens with one attached hydrogen (secondary N) is 2. The molecule has 0 aliphatic carbocycles. The molecule has 3 rings (SSSR count). The Bertz CT molecular complexity index is 425. The molecule has 1 aromatic rings. The highest BCUT2D eigenvalue weighted by Crippen LogP contribution is 2.26. The lowest BCUT2D eigenvalue weighted by Gasteiger charge is -2.24. The highest BCUT2D eigenvalue weighted by Gasteiger charge is 2.27. The summed E-state index contributed by atoms with van der Waals surface area (Å²) in [5.74, 6) is 1.08. The van der Waals surface area contributed by atoms with E-state index < -0.39 is 0 Å². The van der Waals surface area contributed by atoms with Crippen LogP contribution in [0, 0.1) is 0 Å². The van der Waals surface area contributed by atoms with E-state index in [0.29, 0.717) is 5.54 Å². The Hall–Kier alpha value is -1.06. The largest absolute Gasteiger partial charge is 0.493 e. The van der Waals surface area contributed by atoms with E-state index >= 15 is 0 Å². The summed E-state index contributed by atoms with van der Waals surface area (Å²) in [7, 11) is 0. The van der Waals surface area contributed by atoms with Gasteiger partial charge in [0, 0.05) is 18.5 Å². The van der Waals surface area contributed by atoms with E-state index in [9.17, 15) is 0 Å². The fourth-order valence-corrected chi connectivity index (χ4v) is 2.87. The number of ether oxygens (including phenoxy) is 1. The molecule has 1 aromatic carbocycles. The van der Waals surface area contributed by atoms with Crippen molar-refractivity contribution in [3.63, 3.8) is 0 Å². The monoisotopic (exact) mass is 246 g/mol. The van der Waals surface area contributed by atoms with Crippen molar-refractivity contribution in [2.45, 2.75) is 31.7 Å². The SMILES string of the molecule is CC1(NCCc2ccc3c(c2)CCO3)CCNC1. The lowest BCUT2D eigenvalue weighted by molar-refractivity contribution is 0.356. The average Bonchev–Trinajstić information content (AvgIpc) is 2.97. The van der Waals surface area contributed by atoms with E-state index in [1.165, 1.54) is 17.5 Å². The smallest absolute Gasteiger partial charge is 0.122 e. The third kappa shape index (κ3) is 2.52. The molecule has 0 radical (unpaired) electrons. The van der Waals surface area contributed by atoms with Gasteiger partial charge in [0.15, 0.2) is 0 Å². The van der Waals surface area contributed by atoms with Gasteiger partial charge in [0.1, 0.15) is 5.75 Å². The van der Waals surface area contributed by atoms with Crippen molar-refractivity contribution in [1.29, 1.82) is 0 Å². The highest BCUT2D eigenvalue weighted by molar-refractivity contribution is 5.39. The fraction of sp³-hybridized carbons (Fsp3) is 0.600. The maximum atomic E-state index is 5.53. The first-order valence-corrected chi connectivity index (χ1v) is 6.96. The lowest BCUT2D eigenvalue weighted by atomic mass is 10.0. The topological polar surface area (TPSA) is 33.3 Å². The van der Waals surface area contributed by atoms with Crippen LogP contribution in [0.2, 0.25) is 0 Å². The number of hydrogen-bond acceptors (Lipinski definition) is 3. The van der Waals surface area contributed by atoms with Crippen LogP contribution in [0.5, 0.6) is 5.75 Å². The number of hydrogen-bond donors (Lipinski definition) is 2. The van der Waals surface area contributed by atoms with Crippen molar-refractivity contribution < 1.29 is 4.74 Å². The highest BCUT2D eigenvalue weighted by atomic mass is 16.5. The number of benzene rings is 1. The zero-order valence-electron chi connectivity index (χ0n) is 11.1. The van der Waals surface area contributed by atoms with Crippen LogP contribution in [0.4, 0.5) is 0 Å². The van der Waals surface area contributed by atoms with Crippen molar-refractivity contribution in [2.24, 2.45) is 0 Å². The number of rotatable bonds is 4. The minimum absolute atomic E-state index is 0.292. The first-order valence-electron chi connectivity index (χ1n) is 6.96. The summed E-state index contributed by atoms with van der Waals surface area (Å²) in [5.41, 5.74) is 3.09. The minimum Gasteiger partial charge on any atom is -0.493 e. The molecule has 1 saturated heterocycles.